The van der Waals surface area contributed by atoms with Crippen molar-refractivity contribution in [1.29, 1.82) is 0 Å². The van der Waals surface area contributed by atoms with Gasteiger partial charge in [-0.15, -0.1) is 0 Å². The van der Waals surface area contributed by atoms with E-state index in [0.29, 0.717) is 12.5 Å². The number of hydrogen-bond acceptors (Lipinski definition) is 3. The van der Waals surface area contributed by atoms with Gasteiger partial charge in [-0.05, 0) is 30.4 Å². The van der Waals surface area contributed by atoms with Crippen molar-refractivity contribution in [3.05, 3.63) is 35.4 Å². The molecule has 0 unspecified atom stereocenters. The summed E-state index contributed by atoms with van der Waals surface area (Å²) >= 11 is 0. The fourth-order valence-corrected chi connectivity index (χ4v) is 1.89. The lowest BCUT2D eigenvalue weighted by Gasteiger charge is -2.12. The van der Waals surface area contributed by atoms with E-state index < -0.39 is 0 Å². The molecule has 0 heterocycles. The van der Waals surface area contributed by atoms with Crippen LogP contribution in [0, 0.1) is 5.92 Å². The van der Waals surface area contributed by atoms with E-state index in [1.165, 1.54) is 5.56 Å². The molecule has 0 aliphatic carbocycles. The molecule has 0 spiro atoms. The van der Waals surface area contributed by atoms with E-state index in [2.05, 4.69) is 26.0 Å². The number of nitrogens with two attached hydrogens (primary N) is 1. The molecule has 0 saturated heterocycles. The largest absolute Gasteiger partial charge is 0.466 e. The van der Waals surface area contributed by atoms with Gasteiger partial charge in [0.25, 0.3) is 0 Å². The highest BCUT2D eigenvalue weighted by atomic mass is 16.5. The second-order valence-corrected chi connectivity index (χ2v) is 4.96. The van der Waals surface area contributed by atoms with Gasteiger partial charge in [0.1, 0.15) is 0 Å². The summed E-state index contributed by atoms with van der Waals surface area (Å²) in [5.41, 5.74) is 8.26. The summed E-state index contributed by atoms with van der Waals surface area (Å²) in [4.78, 5) is 11.3. The Morgan fingerprint density at radius 3 is 2.39 bits per heavy atom. The number of carbonyl (C=O) groups excluding carboxylic acids is 1. The zero-order chi connectivity index (χ0) is 13.5. The van der Waals surface area contributed by atoms with Crippen molar-refractivity contribution in [2.45, 2.75) is 39.7 Å². The van der Waals surface area contributed by atoms with Gasteiger partial charge in [-0.2, -0.15) is 0 Å². The van der Waals surface area contributed by atoms with Crippen LogP contribution in [0.15, 0.2) is 24.3 Å². The normalized spacial score (nSPS) is 12.5. The van der Waals surface area contributed by atoms with Gasteiger partial charge >= 0.3 is 5.97 Å². The molecule has 0 aliphatic heterocycles. The lowest BCUT2D eigenvalue weighted by Crippen LogP contribution is -2.17. The average molecular weight is 249 g/mol. The van der Waals surface area contributed by atoms with Gasteiger partial charge in [0.2, 0.25) is 0 Å². The molecule has 100 valence electrons. The van der Waals surface area contributed by atoms with Crippen LogP contribution in [0.2, 0.25) is 0 Å². The highest BCUT2D eigenvalue weighted by Crippen LogP contribution is 2.17. The molecule has 0 bridgehead atoms. The third-order valence-electron chi connectivity index (χ3n) is 2.74. The Bertz CT molecular complexity index is 371. The SMILES string of the molecule is CCOC(=O)C[C@H](N)c1ccc(CC(C)C)cc1. The summed E-state index contributed by atoms with van der Waals surface area (Å²) < 4.78 is 4.89. The third kappa shape index (κ3) is 4.88. The van der Waals surface area contributed by atoms with E-state index >= 15 is 0 Å². The quantitative estimate of drug-likeness (QED) is 0.789. The molecule has 0 aromatic heterocycles. The monoisotopic (exact) mass is 249 g/mol. The lowest BCUT2D eigenvalue weighted by atomic mass is 9.98. The summed E-state index contributed by atoms with van der Waals surface area (Å²) in [5, 5.41) is 0. The minimum atomic E-state index is -0.280. The first-order chi connectivity index (χ1) is 8.52. The van der Waals surface area contributed by atoms with Crippen LogP contribution in [0.3, 0.4) is 0 Å². The third-order valence-corrected chi connectivity index (χ3v) is 2.74. The van der Waals surface area contributed by atoms with E-state index in [1.54, 1.807) is 6.92 Å². The number of benzene rings is 1. The minimum Gasteiger partial charge on any atom is -0.466 e. The Labute approximate surface area is 109 Å². The molecule has 0 fully saturated rings. The van der Waals surface area contributed by atoms with Crippen LogP contribution < -0.4 is 5.73 Å². The van der Waals surface area contributed by atoms with Gasteiger partial charge < -0.3 is 10.5 Å². The summed E-state index contributed by atoms with van der Waals surface area (Å²) in [5.74, 6) is 0.403. The van der Waals surface area contributed by atoms with Crippen LogP contribution in [0.5, 0.6) is 0 Å². The fraction of sp³-hybridized carbons (Fsp3) is 0.533. The molecule has 1 rings (SSSR count). The molecule has 1 aromatic rings. The number of hydrogen-bond donors (Lipinski definition) is 1. The Morgan fingerprint density at radius 2 is 1.89 bits per heavy atom. The Kier molecular flexibility index (Phi) is 5.86. The average Bonchev–Trinajstić information content (AvgIpc) is 2.29. The maximum Gasteiger partial charge on any atom is 0.307 e. The van der Waals surface area contributed by atoms with Crippen LogP contribution in [-0.2, 0) is 16.0 Å². The van der Waals surface area contributed by atoms with Crippen molar-refractivity contribution in [3.8, 4) is 0 Å². The van der Waals surface area contributed by atoms with Gasteiger partial charge in [0.15, 0.2) is 0 Å². The van der Waals surface area contributed by atoms with E-state index in [-0.39, 0.29) is 18.4 Å². The first-order valence-electron chi connectivity index (χ1n) is 6.53. The predicted molar refractivity (Wildman–Crippen MR) is 73.2 cm³/mol. The number of ether oxygens (including phenoxy) is 1. The second kappa shape index (κ2) is 7.17. The molecule has 3 heteroatoms. The molecule has 2 N–H and O–H groups in total. The highest BCUT2D eigenvalue weighted by molar-refractivity contribution is 5.70. The van der Waals surface area contributed by atoms with Gasteiger partial charge in [-0.3, -0.25) is 4.79 Å². The summed E-state index contributed by atoms with van der Waals surface area (Å²) in [6.45, 7) is 6.59. The first-order valence-corrected chi connectivity index (χ1v) is 6.53. The molecule has 1 aromatic carbocycles. The van der Waals surface area contributed by atoms with Crippen LogP contribution in [0.4, 0.5) is 0 Å². The maximum absolute atomic E-state index is 11.3. The van der Waals surface area contributed by atoms with Gasteiger partial charge in [-0.25, -0.2) is 0 Å². The van der Waals surface area contributed by atoms with Gasteiger partial charge in [0.05, 0.1) is 13.0 Å². The van der Waals surface area contributed by atoms with E-state index in [4.69, 9.17) is 10.5 Å². The van der Waals surface area contributed by atoms with E-state index in [9.17, 15) is 4.79 Å². The smallest absolute Gasteiger partial charge is 0.307 e. The molecule has 18 heavy (non-hydrogen) atoms. The predicted octanol–water partition coefficient (Wildman–Crippen LogP) is 2.84. The molecule has 3 nitrogen and oxygen atoms in total. The molecular formula is C15H23NO2. The van der Waals surface area contributed by atoms with Crippen molar-refractivity contribution < 1.29 is 9.53 Å². The molecular weight excluding hydrogens is 226 g/mol. The summed E-state index contributed by atoms with van der Waals surface area (Å²) in [6.07, 6.45) is 1.30. The zero-order valence-corrected chi connectivity index (χ0v) is 11.5. The van der Waals surface area contributed by atoms with Crippen LogP contribution >= 0.6 is 0 Å². The van der Waals surface area contributed by atoms with Crippen LogP contribution in [0.1, 0.15) is 44.4 Å². The Balaban J connectivity index is 2.58. The Hall–Kier alpha value is -1.35. The molecule has 0 amide bonds. The first kappa shape index (κ1) is 14.7. The molecule has 0 saturated carbocycles. The van der Waals surface area contributed by atoms with Crippen LogP contribution in [0.25, 0.3) is 0 Å². The van der Waals surface area contributed by atoms with E-state index in [0.717, 1.165) is 12.0 Å². The molecule has 1 atom stereocenters. The highest BCUT2D eigenvalue weighted by Gasteiger charge is 2.12. The maximum atomic E-state index is 11.3. The summed E-state index contributed by atoms with van der Waals surface area (Å²) in [7, 11) is 0. The van der Waals surface area contributed by atoms with Crippen molar-refractivity contribution in [3.63, 3.8) is 0 Å². The zero-order valence-electron chi connectivity index (χ0n) is 11.5. The summed E-state index contributed by atoms with van der Waals surface area (Å²) in [6, 6.07) is 7.89. The van der Waals surface area contributed by atoms with Crippen molar-refractivity contribution in [1.82, 2.24) is 0 Å². The van der Waals surface area contributed by atoms with Crippen molar-refractivity contribution in [2.75, 3.05) is 6.61 Å². The Morgan fingerprint density at radius 1 is 1.28 bits per heavy atom. The number of rotatable bonds is 6. The molecule has 0 radical (unpaired) electrons. The fourth-order valence-electron chi connectivity index (χ4n) is 1.89. The van der Waals surface area contributed by atoms with Crippen molar-refractivity contribution in [2.24, 2.45) is 11.7 Å². The lowest BCUT2D eigenvalue weighted by molar-refractivity contribution is -0.143. The number of carbonyl (C=O) groups is 1. The van der Waals surface area contributed by atoms with E-state index in [1.807, 2.05) is 12.1 Å². The molecule has 0 aliphatic rings. The van der Waals surface area contributed by atoms with Gasteiger partial charge in [-0.1, -0.05) is 38.1 Å². The number of esters is 1. The minimum absolute atomic E-state index is 0.233. The van der Waals surface area contributed by atoms with Gasteiger partial charge in [0, 0.05) is 6.04 Å². The van der Waals surface area contributed by atoms with Crippen LogP contribution in [-0.4, -0.2) is 12.6 Å². The van der Waals surface area contributed by atoms with Crippen molar-refractivity contribution >= 4 is 5.97 Å². The second-order valence-electron chi connectivity index (χ2n) is 4.96. The topological polar surface area (TPSA) is 52.3 Å². The standard InChI is InChI=1S/C15H23NO2/c1-4-18-15(17)10-14(16)13-7-5-12(6-8-13)9-11(2)3/h5-8,11,14H,4,9-10,16H2,1-3H3/t14-/m0/s1.